The highest BCUT2D eigenvalue weighted by atomic mass is 32.1. The van der Waals surface area contributed by atoms with Crippen LogP contribution in [0.15, 0.2) is 34.5 Å². The maximum atomic E-state index is 5.53. The topological polar surface area (TPSA) is 38.9 Å². The predicted molar refractivity (Wildman–Crippen MR) is 59.2 cm³/mol. The molecule has 1 aromatic heterocycles. The summed E-state index contributed by atoms with van der Waals surface area (Å²) in [6, 6.07) is 7.85. The average Bonchev–Trinajstić information content (AvgIpc) is 2.53. The fourth-order valence-corrected chi connectivity index (χ4v) is 1.89. The van der Waals surface area contributed by atoms with Crippen molar-refractivity contribution >= 4 is 29.8 Å². The fourth-order valence-electron chi connectivity index (χ4n) is 1.02. The van der Waals surface area contributed by atoms with Crippen LogP contribution in [0.1, 0.15) is 0 Å². The first-order valence-electron chi connectivity index (χ1n) is 3.76. The number of anilines is 1. The number of aromatic nitrogens is 1. The van der Waals surface area contributed by atoms with E-state index in [0.29, 0.717) is 5.82 Å². The van der Waals surface area contributed by atoms with Crippen molar-refractivity contribution in [3.8, 4) is 10.6 Å². The number of benzene rings is 1. The average molecular weight is 208 g/mol. The molecule has 0 amide bonds. The summed E-state index contributed by atoms with van der Waals surface area (Å²) in [5.41, 5.74) is 6.61. The molecular formula is C9H8N2S2. The maximum absolute atomic E-state index is 5.53. The van der Waals surface area contributed by atoms with Gasteiger partial charge >= 0.3 is 0 Å². The van der Waals surface area contributed by atoms with Crippen LogP contribution in [0, 0.1) is 0 Å². The Morgan fingerprint density at radius 3 is 2.46 bits per heavy atom. The first kappa shape index (κ1) is 8.59. The molecule has 2 nitrogen and oxygen atoms in total. The van der Waals surface area contributed by atoms with Crippen molar-refractivity contribution in [2.75, 3.05) is 5.73 Å². The zero-order valence-corrected chi connectivity index (χ0v) is 8.48. The molecule has 0 aliphatic carbocycles. The number of nitrogens with zero attached hydrogens (tertiary/aromatic N) is 1. The van der Waals surface area contributed by atoms with Gasteiger partial charge in [-0.15, -0.1) is 24.0 Å². The van der Waals surface area contributed by atoms with E-state index in [2.05, 4.69) is 17.6 Å². The summed E-state index contributed by atoms with van der Waals surface area (Å²) in [4.78, 5) is 5.13. The predicted octanol–water partition coefficient (Wildman–Crippen LogP) is 2.68. The second-order valence-corrected chi connectivity index (χ2v) is 4.00. The molecule has 2 aromatic rings. The molecule has 0 atom stereocenters. The third-order valence-electron chi connectivity index (χ3n) is 1.64. The molecule has 2 rings (SSSR count). The van der Waals surface area contributed by atoms with E-state index in [1.54, 1.807) is 11.3 Å². The Bertz CT molecular complexity index is 406. The van der Waals surface area contributed by atoms with Gasteiger partial charge in [0.05, 0.1) is 0 Å². The van der Waals surface area contributed by atoms with E-state index in [-0.39, 0.29) is 0 Å². The van der Waals surface area contributed by atoms with E-state index in [1.165, 1.54) is 0 Å². The Kier molecular flexibility index (Phi) is 2.24. The van der Waals surface area contributed by atoms with Crippen LogP contribution >= 0.6 is 24.0 Å². The van der Waals surface area contributed by atoms with Gasteiger partial charge in [-0.1, -0.05) is 12.1 Å². The highest BCUT2D eigenvalue weighted by molar-refractivity contribution is 7.80. The van der Waals surface area contributed by atoms with Crippen molar-refractivity contribution < 1.29 is 0 Å². The van der Waals surface area contributed by atoms with Gasteiger partial charge in [0.2, 0.25) is 0 Å². The van der Waals surface area contributed by atoms with Gasteiger partial charge in [0.1, 0.15) is 10.8 Å². The van der Waals surface area contributed by atoms with Crippen LogP contribution in [0.25, 0.3) is 10.6 Å². The molecule has 13 heavy (non-hydrogen) atoms. The minimum absolute atomic E-state index is 0.579. The smallest absolute Gasteiger partial charge is 0.135 e. The quantitative estimate of drug-likeness (QED) is 0.707. The summed E-state index contributed by atoms with van der Waals surface area (Å²) in [5, 5.41) is 2.79. The van der Waals surface area contributed by atoms with Crippen molar-refractivity contribution in [2.24, 2.45) is 0 Å². The largest absolute Gasteiger partial charge is 0.383 e. The Labute approximate surface area is 85.8 Å². The van der Waals surface area contributed by atoms with E-state index >= 15 is 0 Å². The number of thiol groups is 1. The molecule has 4 heteroatoms. The second-order valence-electron chi connectivity index (χ2n) is 2.62. The van der Waals surface area contributed by atoms with Crippen molar-refractivity contribution in [3.05, 3.63) is 29.6 Å². The lowest BCUT2D eigenvalue weighted by Gasteiger charge is -1.95. The summed E-state index contributed by atoms with van der Waals surface area (Å²) < 4.78 is 0. The number of thiazole rings is 1. The molecule has 0 aliphatic heterocycles. The second kappa shape index (κ2) is 3.40. The molecule has 0 saturated carbocycles. The number of rotatable bonds is 1. The van der Waals surface area contributed by atoms with Crippen LogP contribution in [-0.4, -0.2) is 4.98 Å². The van der Waals surface area contributed by atoms with Gasteiger partial charge in [-0.2, -0.15) is 0 Å². The minimum Gasteiger partial charge on any atom is -0.383 e. The van der Waals surface area contributed by atoms with Crippen molar-refractivity contribution in [3.63, 3.8) is 0 Å². The lowest BCUT2D eigenvalue weighted by atomic mass is 10.2. The molecule has 0 saturated heterocycles. The van der Waals surface area contributed by atoms with Gasteiger partial charge in [0.15, 0.2) is 0 Å². The Balaban J connectivity index is 2.41. The lowest BCUT2D eigenvalue weighted by Crippen LogP contribution is -1.83. The van der Waals surface area contributed by atoms with Crippen LogP contribution in [0.2, 0.25) is 0 Å². The van der Waals surface area contributed by atoms with Crippen molar-refractivity contribution in [1.29, 1.82) is 0 Å². The van der Waals surface area contributed by atoms with E-state index in [4.69, 9.17) is 5.73 Å². The molecule has 1 heterocycles. The summed E-state index contributed by atoms with van der Waals surface area (Å²) >= 11 is 5.76. The number of nitrogen functional groups attached to an aromatic ring is 1. The third-order valence-corrected chi connectivity index (χ3v) is 2.84. The summed E-state index contributed by atoms with van der Waals surface area (Å²) in [5.74, 6) is 0.579. The molecule has 0 aliphatic rings. The molecule has 0 bridgehead atoms. The van der Waals surface area contributed by atoms with Gasteiger partial charge in [0, 0.05) is 15.8 Å². The summed E-state index contributed by atoms with van der Waals surface area (Å²) in [6.45, 7) is 0. The molecule has 0 unspecified atom stereocenters. The van der Waals surface area contributed by atoms with E-state index in [9.17, 15) is 0 Å². The van der Waals surface area contributed by atoms with E-state index < -0.39 is 0 Å². The molecular weight excluding hydrogens is 200 g/mol. The zero-order valence-electron chi connectivity index (χ0n) is 6.77. The van der Waals surface area contributed by atoms with E-state index in [1.807, 2.05) is 29.6 Å². The SMILES string of the molecule is Nc1csc(-c2ccc(S)cc2)n1. The van der Waals surface area contributed by atoms with Gasteiger partial charge in [-0.3, -0.25) is 0 Å². The number of hydrogen-bond donors (Lipinski definition) is 2. The van der Waals surface area contributed by atoms with Crippen LogP contribution in [0.3, 0.4) is 0 Å². The fraction of sp³-hybridized carbons (Fsp3) is 0. The lowest BCUT2D eigenvalue weighted by molar-refractivity contribution is 1.40. The van der Waals surface area contributed by atoms with Gasteiger partial charge < -0.3 is 5.73 Å². The Hall–Kier alpha value is -1.00. The van der Waals surface area contributed by atoms with Crippen LogP contribution < -0.4 is 5.73 Å². The Morgan fingerprint density at radius 1 is 1.23 bits per heavy atom. The standard InChI is InChI=1S/C9H8N2S2/c10-8-5-13-9(11-8)6-1-3-7(12)4-2-6/h1-5,12H,10H2. The normalized spacial score (nSPS) is 10.2. The van der Waals surface area contributed by atoms with Crippen molar-refractivity contribution in [1.82, 2.24) is 4.98 Å². The number of nitrogens with two attached hydrogens (primary N) is 1. The maximum Gasteiger partial charge on any atom is 0.135 e. The third kappa shape index (κ3) is 1.84. The highest BCUT2D eigenvalue weighted by Gasteiger charge is 2.01. The summed E-state index contributed by atoms with van der Waals surface area (Å²) in [7, 11) is 0. The molecule has 1 aromatic carbocycles. The van der Waals surface area contributed by atoms with Crippen molar-refractivity contribution in [2.45, 2.75) is 4.90 Å². The van der Waals surface area contributed by atoms with Gasteiger partial charge in [-0.05, 0) is 12.1 Å². The van der Waals surface area contributed by atoms with Gasteiger partial charge in [0.25, 0.3) is 0 Å². The van der Waals surface area contributed by atoms with Crippen LogP contribution in [-0.2, 0) is 0 Å². The van der Waals surface area contributed by atoms with Crippen LogP contribution in [0.4, 0.5) is 5.82 Å². The molecule has 66 valence electrons. The van der Waals surface area contributed by atoms with Crippen LogP contribution in [0.5, 0.6) is 0 Å². The first-order valence-corrected chi connectivity index (χ1v) is 5.09. The first-order chi connectivity index (χ1) is 6.25. The zero-order chi connectivity index (χ0) is 9.26. The molecule has 2 N–H and O–H groups in total. The molecule has 0 radical (unpaired) electrons. The minimum atomic E-state index is 0.579. The van der Waals surface area contributed by atoms with E-state index in [0.717, 1.165) is 15.5 Å². The van der Waals surface area contributed by atoms with Gasteiger partial charge in [-0.25, -0.2) is 4.98 Å². The highest BCUT2D eigenvalue weighted by Crippen LogP contribution is 2.25. The monoisotopic (exact) mass is 208 g/mol. The number of hydrogen-bond acceptors (Lipinski definition) is 4. The molecule has 0 spiro atoms. The summed E-state index contributed by atoms with van der Waals surface area (Å²) in [6.07, 6.45) is 0. The Morgan fingerprint density at radius 2 is 1.92 bits per heavy atom. The molecule has 0 fully saturated rings.